The first kappa shape index (κ1) is 38.8. The number of unbranched alkanes of at least 4 members (excludes halogenated alkanes) is 2. The monoisotopic (exact) mass is 707 g/mol. The van der Waals surface area contributed by atoms with Crippen LogP contribution in [0.15, 0.2) is 103 Å². The van der Waals surface area contributed by atoms with Crippen molar-refractivity contribution < 1.29 is 29.3 Å². The number of ether oxygens (including phenoxy) is 2. The van der Waals surface area contributed by atoms with E-state index in [1.165, 1.54) is 6.92 Å². The molecule has 5 atom stereocenters. The molecule has 0 aliphatic carbocycles. The second-order valence-corrected chi connectivity index (χ2v) is 13.7. The van der Waals surface area contributed by atoms with E-state index in [0.29, 0.717) is 32.5 Å². The number of likely N-dealkylation sites (N-methyl/N-ethyl adjacent to an activating group) is 1. The third-order valence-corrected chi connectivity index (χ3v) is 9.84. The molecule has 0 aromatic heterocycles. The van der Waals surface area contributed by atoms with E-state index in [1.807, 2.05) is 98.9 Å². The van der Waals surface area contributed by atoms with Gasteiger partial charge < -0.3 is 30.3 Å². The van der Waals surface area contributed by atoms with E-state index in [4.69, 9.17) is 9.47 Å². The molecule has 1 aliphatic heterocycles. The molecule has 9 nitrogen and oxygen atoms in total. The molecule has 9 heteroatoms. The van der Waals surface area contributed by atoms with Crippen molar-refractivity contribution in [2.45, 2.75) is 89.7 Å². The SMILES string of the molecule is CC(=O)NCCCCCC(=O)NCc1ccccc1-c1ccc([C@@H]2O[C@H](CN(C)[C@@H](C)[C@H](O)c3ccccc3)C[C@H](c3ccc(CO)cc3)O2)cc1. The number of benzene rings is 4. The largest absolute Gasteiger partial charge is 0.392 e. The van der Waals surface area contributed by atoms with E-state index in [1.54, 1.807) is 0 Å². The number of amides is 2. The Hall–Kier alpha value is -4.38. The zero-order chi connectivity index (χ0) is 36.9. The van der Waals surface area contributed by atoms with Gasteiger partial charge in [-0.15, -0.1) is 0 Å². The lowest BCUT2D eigenvalue weighted by Crippen LogP contribution is -2.43. The molecule has 0 unspecified atom stereocenters. The fourth-order valence-corrected chi connectivity index (χ4v) is 6.60. The quantitative estimate of drug-likeness (QED) is 0.0896. The lowest BCUT2D eigenvalue weighted by molar-refractivity contribution is -0.253. The minimum absolute atomic E-state index is 0.0148. The summed E-state index contributed by atoms with van der Waals surface area (Å²) in [6.07, 6.45) is 1.98. The molecule has 1 fully saturated rings. The summed E-state index contributed by atoms with van der Waals surface area (Å²) in [5.74, 6) is -0.0165. The molecule has 4 aromatic rings. The van der Waals surface area contributed by atoms with E-state index in [0.717, 1.165) is 58.2 Å². The summed E-state index contributed by atoms with van der Waals surface area (Å²) in [4.78, 5) is 25.7. The van der Waals surface area contributed by atoms with Crippen molar-refractivity contribution in [3.8, 4) is 11.1 Å². The maximum atomic E-state index is 12.6. The standard InChI is InChI=1S/C43H53N3O6/c1-30(42(50)35-12-6-4-7-13-35)46(3)28-38-26-40(34-19-17-32(29-47)18-20-34)52-43(51-38)36-23-21-33(22-24-36)39-15-10-9-14-37(39)27-45-41(49)16-8-5-11-25-44-31(2)48/h4,6-7,9-10,12-15,17-24,30,38,40,42-43,47,50H,5,8,11,16,25-29H2,1-3H3,(H,44,48)(H,45,49)/t30-,38-,40+,42-,43+/m0/s1. The highest BCUT2D eigenvalue weighted by Crippen LogP contribution is 2.39. The average Bonchev–Trinajstić information content (AvgIpc) is 3.18. The molecule has 1 heterocycles. The van der Waals surface area contributed by atoms with Gasteiger partial charge in [0, 0.05) is 51.0 Å². The van der Waals surface area contributed by atoms with Gasteiger partial charge in [-0.3, -0.25) is 14.5 Å². The Morgan fingerprint density at radius 3 is 2.25 bits per heavy atom. The van der Waals surface area contributed by atoms with Crippen molar-refractivity contribution in [3.05, 3.63) is 131 Å². The third kappa shape index (κ3) is 11.1. The van der Waals surface area contributed by atoms with Crippen LogP contribution in [-0.4, -0.2) is 59.2 Å². The summed E-state index contributed by atoms with van der Waals surface area (Å²) in [5, 5.41) is 26.6. The van der Waals surface area contributed by atoms with E-state index >= 15 is 0 Å². The van der Waals surface area contributed by atoms with Gasteiger partial charge in [-0.25, -0.2) is 0 Å². The van der Waals surface area contributed by atoms with E-state index in [9.17, 15) is 19.8 Å². The topological polar surface area (TPSA) is 120 Å². The van der Waals surface area contributed by atoms with E-state index < -0.39 is 12.4 Å². The molecule has 0 saturated carbocycles. The van der Waals surface area contributed by atoms with Crippen LogP contribution in [0.4, 0.5) is 0 Å². The minimum Gasteiger partial charge on any atom is -0.392 e. The number of aliphatic hydroxyl groups excluding tert-OH is 2. The molecule has 5 rings (SSSR count). The predicted octanol–water partition coefficient (Wildman–Crippen LogP) is 6.76. The second-order valence-electron chi connectivity index (χ2n) is 13.7. The Kier molecular flexibility index (Phi) is 14.5. The Labute approximate surface area is 308 Å². The lowest BCUT2D eigenvalue weighted by Gasteiger charge is -2.39. The van der Waals surface area contributed by atoms with Gasteiger partial charge in [-0.05, 0) is 60.2 Å². The third-order valence-electron chi connectivity index (χ3n) is 9.84. The van der Waals surface area contributed by atoms with Crippen LogP contribution in [0, 0.1) is 0 Å². The molecular weight excluding hydrogens is 654 g/mol. The molecule has 4 N–H and O–H groups in total. The molecule has 0 spiro atoms. The van der Waals surface area contributed by atoms with Gasteiger partial charge in [0.15, 0.2) is 6.29 Å². The number of rotatable bonds is 17. The zero-order valence-corrected chi connectivity index (χ0v) is 30.5. The maximum Gasteiger partial charge on any atom is 0.220 e. The van der Waals surface area contributed by atoms with Gasteiger partial charge in [0.2, 0.25) is 11.8 Å². The molecule has 1 aliphatic rings. The van der Waals surface area contributed by atoms with Crippen LogP contribution < -0.4 is 10.6 Å². The summed E-state index contributed by atoms with van der Waals surface area (Å²) in [5.41, 5.74) is 6.74. The lowest BCUT2D eigenvalue weighted by atomic mass is 9.97. The number of nitrogens with one attached hydrogen (secondary N) is 2. The molecule has 2 amide bonds. The molecule has 1 saturated heterocycles. The summed E-state index contributed by atoms with van der Waals surface area (Å²) in [7, 11) is 2.01. The van der Waals surface area contributed by atoms with Crippen molar-refractivity contribution in [3.63, 3.8) is 0 Å². The van der Waals surface area contributed by atoms with Crippen molar-refractivity contribution in [1.29, 1.82) is 0 Å². The number of carbonyl (C=O) groups excluding carboxylic acids is 2. The first-order valence-electron chi connectivity index (χ1n) is 18.3. The smallest absolute Gasteiger partial charge is 0.220 e. The van der Waals surface area contributed by atoms with Gasteiger partial charge in [0.1, 0.15) is 0 Å². The maximum absolute atomic E-state index is 12.6. The van der Waals surface area contributed by atoms with Gasteiger partial charge in [0.25, 0.3) is 0 Å². The summed E-state index contributed by atoms with van der Waals surface area (Å²) < 4.78 is 13.2. The van der Waals surface area contributed by atoms with Crippen molar-refractivity contribution in [2.24, 2.45) is 0 Å². The summed E-state index contributed by atoms with van der Waals surface area (Å²) in [6, 6.07) is 33.7. The van der Waals surface area contributed by atoms with Crippen molar-refractivity contribution in [2.75, 3.05) is 20.1 Å². The predicted molar refractivity (Wildman–Crippen MR) is 203 cm³/mol. The van der Waals surface area contributed by atoms with Crippen molar-refractivity contribution in [1.82, 2.24) is 15.5 Å². The van der Waals surface area contributed by atoms with Crippen LogP contribution in [0.25, 0.3) is 11.1 Å². The minimum atomic E-state index is -0.639. The first-order valence-corrected chi connectivity index (χ1v) is 18.3. The number of hydrogen-bond acceptors (Lipinski definition) is 7. The van der Waals surface area contributed by atoms with E-state index in [-0.39, 0.29) is 36.7 Å². The highest BCUT2D eigenvalue weighted by atomic mass is 16.7. The van der Waals surface area contributed by atoms with Gasteiger partial charge in [-0.2, -0.15) is 0 Å². The number of aliphatic hydroxyl groups is 2. The zero-order valence-electron chi connectivity index (χ0n) is 30.5. The molecule has 0 bridgehead atoms. The summed E-state index contributed by atoms with van der Waals surface area (Å²) in [6.45, 7) is 5.19. The second kappa shape index (κ2) is 19.5. The fourth-order valence-electron chi connectivity index (χ4n) is 6.60. The number of hydrogen-bond donors (Lipinski definition) is 4. The van der Waals surface area contributed by atoms with E-state index in [2.05, 4.69) is 33.7 Å². The van der Waals surface area contributed by atoms with Crippen LogP contribution in [0.5, 0.6) is 0 Å². The fraction of sp³-hybridized carbons (Fsp3) is 0.395. The molecule has 52 heavy (non-hydrogen) atoms. The number of nitrogens with zero attached hydrogens (tertiary/aromatic N) is 1. The Bertz CT molecular complexity index is 1700. The van der Waals surface area contributed by atoms with Crippen molar-refractivity contribution >= 4 is 11.8 Å². The van der Waals surface area contributed by atoms with Crippen LogP contribution in [0.1, 0.15) is 92.3 Å². The average molecular weight is 708 g/mol. The van der Waals surface area contributed by atoms with Gasteiger partial charge in [-0.1, -0.05) is 110 Å². The van der Waals surface area contributed by atoms with Crippen LogP contribution >= 0.6 is 0 Å². The Morgan fingerprint density at radius 1 is 0.846 bits per heavy atom. The molecule has 4 aromatic carbocycles. The Morgan fingerprint density at radius 2 is 1.54 bits per heavy atom. The highest BCUT2D eigenvalue weighted by Gasteiger charge is 2.34. The summed E-state index contributed by atoms with van der Waals surface area (Å²) >= 11 is 0. The number of carbonyl (C=O) groups is 2. The molecule has 276 valence electrons. The van der Waals surface area contributed by atoms with Gasteiger partial charge in [0.05, 0.1) is 24.9 Å². The molecule has 0 radical (unpaired) electrons. The van der Waals surface area contributed by atoms with Gasteiger partial charge >= 0.3 is 0 Å². The normalized spacial score (nSPS) is 18.5. The van der Waals surface area contributed by atoms with Crippen LogP contribution in [0.2, 0.25) is 0 Å². The van der Waals surface area contributed by atoms with Crippen LogP contribution in [-0.2, 0) is 32.2 Å². The van der Waals surface area contributed by atoms with Crippen LogP contribution in [0.3, 0.4) is 0 Å². The Balaban J connectivity index is 1.25. The molecular formula is C43H53N3O6. The highest BCUT2D eigenvalue weighted by molar-refractivity contribution is 5.76. The first-order chi connectivity index (χ1) is 25.2.